The summed E-state index contributed by atoms with van der Waals surface area (Å²) in [6, 6.07) is 2.98. The molecule has 2 nitrogen and oxygen atoms in total. The molecule has 0 aliphatic carbocycles. The summed E-state index contributed by atoms with van der Waals surface area (Å²) in [6.45, 7) is 0.0456. The maximum Gasteiger partial charge on any atom is 0.188 e. The van der Waals surface area contributed by atoms with Crippen LogP contribution in [0.2, 0.25) is 0 Å². The van der Waals surface area contributed by atoms with Crippen molar-refractivity contribution in [1.29, 1.82) is 0 Å². The summed E-state index contributed by atoms with van der Waals surface area (Å²) in [7, 11) is 1.49. The quantitative estimate of drug-likeness (QED) is 0.468. The van der Waals surface area contributed by atoms with Gasteiger partial charge >= 0.3 is 0 Å². The third-order valence-electron chi connectivity index (χ3n) is 1.31. The van der Waals surface area contributed by atoms with Crippen LogP contribution in [0.5, 0.6) is 5.75 Å². The van der Waals surface area contributed by atoms with Gasteiger partial charge in [0.25, 0.3) is 0 Å². The van der Waals surface area contributed by atoms with Crippen molar-refractivity contribution in [3.63, 3.8) is 0 Å². The smallest absolute Gasteiger partial charge is 0.188 e. The minimum absolute atomic E-state index is 0.0456. The van der Waals surface area contributed by atoms with Gasteiger partial charge in [-0.1, -0.05) is 0 Å². The van der Waals surface area contributed by atoms with Crippen molar-refractivity contribution in [3.05, 3.63) is 26.0 Å². The van der Waals surface area contributed by atoms with Crippen LogP contribution < -0.4 is 4.74 Å². The lowest BCUT2D eigenvalue weighted by atomic mass is 10.3. The fraction of sp³-hybridized carbons (Fsp3) is 0.250. The second-order valence-electron chi connectivity index (χ2n) is 2.25. The van der Waals surface area contributed by atoms with Crippen LogP contribution in [-0.4, -0.2) is 13.9 Å². The van der Waals surface area contributed by atoms with Crippen LogP contribution in [0.3, 0.4) is 0 Å². The van der Waals surface area contributed by atoms with E-state index in [1.54, 1.807) is 6.07 Å². The number of halogens is 3. The molecule has 0 unspecified atom stereocenters. The Kier molecular flexibility index (Phi) is 4.40. The van der Waals surface area contributed by atoms with Crippen molar-refractivity contribution >= 4 is 38.5 Å². The van der Waals surface area contributed by atoms with Gasteiger partial charge in [-0.15, -0.1) is 0 Å². The normalized spacial score (nSPS) is 10.2. The standard InChI is InChI=1S/C8H7BrFIO2/c1-12-4-13-8-2-5(9)7(11)3-6(8)10/h2-3H,4H2,1H3. The number of ether oxygens (including phenoxy) is 2. The Morgan fingerprint density at radius 3 is 2.85 bits per heavy atom. The van der Waals surface area contributed by atoms with E-state index in [0.29, 0.717) is 0 Å². The maximum atomic E-state index is 13.1. The first kappa shape index (κ1) is 11.2. The molecule has 0 saturated carbocycles. The van der Waals surface area contributed by atoms with E-state index in [9.17, 15) is 4.39 Å². The van der Waals surface area contributed by atoms with E-state index in [4.69, 9.17) is 4.74 Å². The average molecular weight is 361 g/mol. The summed E-state index contributed by atoms with van der Waals surface area (Å²) >= 11 is 5.31. The largest absolute Gasteiger partial charge is 0.464 e. The lowest BCUT2D eigenvalue weighted by Crippen LogP contribution is -2.01. The van der Waals surface area contributed by atoms with Crippen LogP contribution >= 0.6 is 38.5 Å². The summed E-state index contributed by atoms with van der Waals surface area (Å²) in [5.41, 5.74) is 0. The molecule has 5 heteroatoms. The predicted molar refractivity (Wildman–Crippen MR) is 59.3 cm³/mol. The van der Waals surface area contributed by atoms with E-state index in [0.717, 1.165) is 8.04 Å². The van der Waals surface area contributed by atoms with Crippen LogP contribution in [0.4, 0.5) is 4.39 Å². The fourth-order valence-corrected chi connectivity index (χ4v) is 1.49. The third-order valence-corrected chi connectivity index (χ3v) is 3.60. The predicted octanol–water partition coefficient (Wildman–Crippen LogP) is 3.18. The van der Waals surface area contributed by atoms with E-state index < -0.39 is 0 Å². The van der Waals surface area contributed by atoms with E-state index in [1.807, 2.05) is 22.6 Å². The Bertz CT molecular complexity index is 306. The molecule has 13 heavy (non-hydrogen) atoms. The van der Waals surface area contributed by atoms with E-state index in [-0.39, 0.29) is 18.4 Å². The van der Waals surface area contributed by atoms with Gasteiger partial charge in [-0.25, -0.2) is 4.39 Å². The number of benzene rings is 1. The molecule has 0 N–H and O–H groups in total. The molecule has 0 saturated heterocycles. The van der Waals surface area contributed by atoms with Gasteiger partial charge in [0.1, 0.15) is 0 Å². The lowest BCUT2D eigenvalue weighted by Gasteiger charge is -2.06. The van der Waals surface area contributed by atoms with E-state index in [2.05, 4.69) is 20.7 Å². The summed E-state index contributed by atoms with van der Waals surface area (Å²) in [5.74, 6) is -0.196. The van der Waals surface area contributed by atoms with Crippen molar-refractivity contribution in [2.75, 3.05) is 13.9 Å². The highest BCUT2D eigenvalue weighted by atomic mass is 127. The van der Waals surface area contributed by atoms with Crippen molar-refractivity contribution in [2.24, 2.45) is 0 Å². The Morgan fingerprint density at radius 2 is 2.23 bits per heavy atom. The summed E-state index contributed by atoms with van der Waals surface area (Å²) in [5, 5.41) is 0. The average Bonchev–Trinajstić information content (AvgIpc) is 2.09. The van der Waals surface area contributed by atoms with Gasteiger partial charge in [-0.3, -0.25) is 0 Å². The van der Waals surface area contributed by atoms with E-state index >= 15 is 0 Å². The van der Waals surface area contributed by atoms with Gasteiger partial charge < -0.3 is 9.47 Å². The van der Waals surface area contributed by atoms with E-state index in [1.165, 1.54) is 13.2 Å². The van der Waals surface area contributed by atoms with Gasteiger partial charge in [0.15, 0.2) is 18.4 Å². The molecule has 0 aromatic heterocycles. The van der Waals surface area contributed by atoms with Crippen molar-refractivity contribution in [3.8, 4) is 5.75 Å². The van der Waals surface area contributed by atoms with Gasteiger partial charge in [0, 0.05) is 15.2 Å². The number of rotatable bonds is 3. The highest BCUT2D eigenvalue weighted by Gasteiger charge is 2.07. The van der Waals surface area contributed by atoms with Gasteiger partial charge in [0.05, 0.1) is 0 Å². The molecular weight excluding hydrogens is 354 g/mol. The monoisotopic (exact) mass is 360 g/mol. The van der Waals surface area contributed by atoms with Crippen LogP contribution in [0.25, 0.3) is 0 Å². The molecule has 0 spiro atoms. The molecular formula is C8H7BrFIO2. The van der Waals surface area contributed by atoms with Crippen LogP contribution in [0.1, 0.15) is 0 Å². The zero-order chi connectivity index (χ0) is 9.84. The Balaban J connectivity index is 2.88. The lowest BCUT2D eigenvalue weighted by molar-refractivity contribution is 0.0482. The Morgan fingerprint density at radius 1 is 1.54 bits per heavy atom. The molecule has 0 atom stereocenters. The number of methoxy groups -OCH3 is 1. The Hall–Kier alpha value is 0.120. The molecule has 0 radical (unpaired) electrons. The Labute approximate surface area is 97.7 Å². The van der Waals surface area contributed by atoms with Gasteiger partial charge in [0.2, 0.25) is 0 Å². The molecule has 0 heterocycles. The molecule has 1 aromatic carbocycles. The minimum atomic E-state index is -0.385. The summed E-state index contributed by atoms with van der Waals surface area (Å²) in [4.78, 5) is 0. The first-order valence-corrected chi connectivity index (χ1v) is 5.28. The first-order valence-electron chi connectivity index (χ1n) is 3.41. The molecule has 0 bridgehead atoms. The molecule has 1 rings (SSSR count). The van der Waals surface area contributed by atoms with Crippen molar-refractivity contribution in [2.45, 2.75) is 0 Å². The zero-order valence-electron chi connectivity index (χ0n) is 6.81. The number of hydrogen-bond acceptors (Lipinski definition) is 2. The second kappa shape index (κ2) is 5.11. The van der Waals surface area contributed by atoms with Crippen molar-refractivity contribution in [1.82, 2.24) is 0 Å². The zero-order valence-corrected chi connectivity index (χ0v) is 10.6. The highest BCUT2D eigenvalue weighted by Crippen LogP contribution is 2.27. The number of hydrogen-bond donors (Lipinski definition) is 0. The molecule has 0 amide bonds. The maximum absolute atomic E-state index is 13.1. The molecule has 0 aliphatic heterocycles. The van der Waals surface area contributed by atoms with Gasteiger partial charge in [-0.2, -0.15) is 0 Å². The summed E-state index contributed by atoms with van der Waals surface area (Å²) in [6.07, 6.45) is 0. The molecule has 1 aromatic rings. The highest BCUT2D eigenvalue weighted by molar-refractivity contribution is 14.1. The second-order valence-corrected chi connectivity index (χ2v) is 4.26. The van der Waals surface area contributed by atoms with Crippen LogP contribution in [-0.2, 0) is 4.74 Å². The first-order chi connectivity index (χ1) is 6.15. The summed E-state index contributed by atoms with van der Waals surface area (Å²) < 4.78 is 24.4. The third kappa shape index (κ3) is 3.07. The van der Waals surface area contributed by atoms with Crippen LogP contribution in [0, 0.1) is 9.39 Å². The molecule has 0 aliphatic rings. The molecule has 72 valence electrons. The SMILES string of the molecule is COCOc1cc(Br)c(I)cc1F. The van der Waals surface area contributed by atoms with Crippen molar-refractivity contribution < 1.29 is 13.9 Å². The minimum Gasteiger partial charge on any atom is -0.464 e. The molecule has 0 fully saturated rings. The fourth-order valence-electron chi connectivity index (χ4n) is 0.737. The van der Waals surface area contributed by atoms with Gasteiger partial charge in [-0.05, 0) is 50.7 Å². The van der Waals surface area contributed by atoms with Crippen LogP contribution in [0.15, 0.2) is 16.6 Å². The topological polar surface area (TPSA) is 18.5 Å².